The number of aryl methyl sites for hydroxylation is 2. The minimum Gasteiger partial charge on any atom is -0.454 e. The molecule has 0 bridgehead atoms. The Kier molecular flexibility index (Phi) is 6.06. The zero-order chi connectivity index (χ0) is 23.7. The average molecular weight is 480 g/mol. The first-order valence-electron chi connectivity index (χ1n) is 11.1. The van der Waals surface area contributed by atoms with Crippen LogP contribution in [0.1, 0.15) is 44.7 Å². The second-order valence-electron chi connectivity index (χ2n) is 8.48. The molecule has 3 aromatic rings. The summed E-state index contributed by atoms with van der Waals surface area (Å²) in [7, 11) is 0. The van der Waals surface area contributed by atoms with Crippen molar-refractivity contribution in [2.45, 2.75) is 32.6 Å². The number of benzene rings is 2. The molecule has 2 aromatic carbocycles. The smallest absolute Gasteiger partial charge is 0.321 e. The number of nitrogens with zero attached hydrogens (tertiary/aromatic N) is 3. The molecule has 2 aliphatic heterocycles. The van der Waals surface area contributed by atoms with E-state index in [-0.39, 0.29) is 24.6 Å². The molecule has 34 heavy (non-hydrogen) atoms. The van der Waals surface area contributed by atoms with Crippen molar-refractivity contribution >= 4 is 34.6 Å². The number of hydrogen-bond donors (Lipinski definition) is 2. The molecular weight excluding hydrogens is 454 g/mol. The Morgan fingerprint density at radius 3 is 2.59 bits per heavy atom. The van der Waals surface area contributed by atoms with Gasteiger partial charge in [0.05, 0.1) is 0 Å². The van der Waals surface area contributed by atoms with Gasteiger partial charge in [-0.25, -0.2) is 4.79 Å². The molecule has 0 saturated carbocycles. The van der Waals surface area contributed by atoms with Gasteiger partial charge in [0.2, 0.25) is 11.8 Å². The third-order valence-electron chi connectivity index (χ3n) is 6.02. The molecule has 10 heteroatoms. The van der Waals surface area contributed by atoms with Crippen LogP contribution in [0, 0.1) is 13.8 Å². The lowest BCUT2D eigenvalue weighted by molar-refractivity contribution is 0.102. The monoisotopic (exact) mass is 479 g/mol. The van der Waals surface area contributed by atoms with Gasteiger partial charge in [0.15, 0.2) is 11.5 Å². The molecule has 0 radical (unpaired) electrons. The summed E-state index contributed by atoms with van der Waals surface area (Å²) in [5.74, 6) is 1.12. The van der Waals surface area contributed by atoms with Crippen molar-refractivity contribution in [3.63, 3.8) is 0 Å². The van der Waals surface area contributed by atoms with E-state index in [1.54, 1.807) is 18.2 Å². The Hall–Kier alpha value is -3.66. The van der Waals surface area contributed by atoms with Gasteiger partial charge in [-0.2, -0.15) is 0 Å². The second kappa shape index (κ2) is 9.30. The third kappa shape index (κ3) is 4.67. The number of aromatic nitrogens is 2. The normalized spacial score (nSPS) is 15.3. The summed E-state index contributed by atoms with van der Waals surface area (Å²) in [6.07, 6.45) is 1.55. The van der Waals surface area contributed by atoms with Crippen molar-refractivity contribution < 1.29 is 19.1 Å². The van der Waals surface area contributed by atoms with E-state index < -0.39 is 0 Å². The highest BCUT2D eigenvalue weighted by Crippen LogP contribution is 2.35. The van der Waals surface area contributed by atoms with Crippen molar-refractivity contribution in [1.29, 1.82) is 0 Å². The minimum atomic E-state index is -0.312. The number of amides is 3. The number of hydrogen-bond acceptors (Lipinski definition) is 7. The number of fused-ring (bicyclic) bond motifs is 1. The number of carbonyl (C=O) groups is 2. The van der Waals surface area contributed by atoms with Crippen LogP contribution in [-0.4, -0.2) is 46.9 Å². The number of carbonyl (C=O) groups excluding carboxylic acids is 2. The van der Waals surface area contributed by atoms with E-state index in [0.717, 1.165) is 34.7 Å². The van der Waals surface area contributed by atoms with Gasteiger partial charge in [-0.1, -0.05) is 29.0 Å². The van der Waals surface area contributed by atoms with Crippen molar-refractivity contribution in [3.05, 3.63) is 57.5 Å². The molecule has 2 aliphatic rings. The van der Waals surface area contributed by atoms with Gasteiger partial charge < -0.3 is 25.0 Å². The molecule has 0 spiro atoms. The first-order valence-corrected chi connectivity index (χ1v) is 12.0. The first kappa shape index (κ1) is 22.1. The van der Waals surface area contributed by atoms with Crippen LogP contribution >= 0.6 is 11.3 Å². The Balaban J connectivity index is 1.15. The van der Waals surface area contributed by atoms with Crippen LogP contribution < -0.4 is 20.1 Å². The fraction of sp³-hybridized carbons (Fsp3) is 0.333. The maximum atomic E-state index is 12.7. The van der Waals surface area contributed by atoms with E-state index in [1.807, 2.05) is 30.9 Å². The van der Waals surface area contributed by atoms with Crippen molar-refractivity contribution in [1.82, 2.24) is 15.1 Å². The number of nitrogens with one attached hydrogen (secondary N) is 2. The Morgan fingerprint density at radius 2 is 1.79 bits per heavy atom. The lowest BCUT2D eigenvalue weighted by Crippen LogP contribution is -2.40. The van der Waals surface area contributed by atoms with E-state index in [1.165, 1.54) is 11.3 Å². The topological polar surface area (TPSA) is 106 Å². The van der Waals surface area contributed by atoms with Crippen LogP contribution in [0.5, 0.6) is 11.5 Å². The van der Waals surface area contributed by atoms with E-state index in [9.17, 15) is 9.59 Å². The van der Waals surface area contributed by atoms with E-state index in [0.29, 0.717) is 35.3 Å². The van der Waals surface area contributed by atoms with Crippen LogP contribution in [0.2, 0.25) is 0 Å². The van der Waals surface area contributed by atoms with E-state index in [4.69, 9.17) is 9.47 Å². The first-order chi connectivity index (χ1) is 16.5. The van der Waals surface area contributed by atoms with Gasteiger partial charge in [0.25, 0.3) is 5.91 Å². The highest BCUT2D eigenvalue weighted by atomic mass is 32.1. The summed E-state index contributed by atoms with van der Waals surface area (Å²) in [5, 5.41) is 15.3. The molecule has 9 nitrogen and oxygen atoms in total. The van der Waals surface area contributed by atoms with E-state index in [2.05, 4.69) is 26.9 Å². The van der Waals surface area contributed by atoms with Crippen molar-refractivity contribution in [2.24, 2.45) is 0 Å². The maximum absolute atomic E-state index is 12.7. The summed E-state index contributed by atoms with van der Waals surface area (Å²) in [4.78, 5) is 27.2. The lowest BCUT2D eigenvalue weighted by atomic mass is 9.98. The fourth-order valence-electron chi connectivity index (χ4n) is 4.13. The summed E-state index contributed by atoms with van der Waals surface area (Å²) < 4.78 is 10.6. The zero-order valence-electron chi connectivity index (χ0n) is 19.0. The Labute approximate surface area is 201 Å². The largest absolute Gasteiger partial charge is 0.454 e. The second-order valence-corrected chi connectivity index (χ2v) is 9.49. The van der Waals surface area contributed by atoms with Gasteiger partial charge >= 0.3 is 6.03 Å². The molecule has 0 unspecified atom stereocenters. The molecule has 1 saturated heterocycles. The Morgan fingerprint density at radius 1 is 1.00 bits per heavy atom. The van der Waals surface area contributed by atoms with Gasteiger partial charge in [-0.05, 0) is 50.5 Å². The number of urea groups is 1. The van der Waals surface area contributed by atoms with Crippen LogP contribution in [0.25, 0.3) is 0 Å². The molecule has 0 aliphatic carbocycles. The Bertz CT molecular complexity index is 1240. The highest BCUT2D eigenvalue weighted by molar-refractivity contribution is 7.13. The maximum Gasteiger partial charge on any atom is 0.321 e. The standard InChI is InChI=1S/C24H25N5O4S/c1-14-3-5-18(15(2)11-14)26-24(31)29-9-7-16(8-10-29)22-27-28-23(34-22)21(30)25-17-4-6-19-20(12-17)33-13-32-19/h3-6,11-12,16H,7-10,13H2,1-2H3,(H,25,30)(H,26,31). The number of piperidine rings is 1. The van der Waals surface area contributed by atoms with Gasteiger partial charge in [-0.15, -0.1) is 10.2 Å². The van der Waals surface area contributed by atoms with Gasteiger partial charge in [-0.3, -0.25) is 4.79 Å². The summed E-state index contributed by atoms with van der Waals surface area (Å²) in [6.45, 7) is 5.45. The number of likely N-dealkylation sites (tertiary alicyclic amines) is 1. The van der Waals surface area contributed by atoms with Crippen LogP contribution in [-0.2, 0) is 0 Å². The molecular formula is C24H25N5O4S. The molecule has 3 amide bonds. The molecule has 2 N–H and O–H groups in total. The SMILES string of the molecule is Cc1ccc(NC(=O)N2CCC(c3nnc(C(=O)Nc4ccc5c(c4)OCO5)s3)CC2)c(C)c1. The number of rotatable bonds is 4. The predicted octanol–water partition coefficient (Wildman–Crippen LogP) is 4.55. The van der Waals surface area contributed by atoms with E-state index >= 15 is 0 Å². The molecule has 1 aromatic heterocycles. The van der Waals surface area contributed by atoms with Crippen LogP contribution in [0.15, 0.2) is 36.4 Å². The molecule has 0 atom stereocenters. The van der Waals surface area contributed by atoms with Gasteiger partial charge in [0, 0.05) is 36.4 Å². The van der Waals surface area contributed by atoms with Crippen LogP contribution in [0.4, 0.5) is 16.2 Å². The summed E-state index contributed by atoms with van der Waals surface area (Å²) in [6, 6.07) is 11.1. The molecule has 3 heterocycles. The van der Waals surface area contributed by atoms with Crippen molar-refractivity contribution in [3.8, 4) is 11.5 Å². The summed E-state index contributed by atoms with van der Waals surface area (Å²) >= 11 is 1.30. The van der Waals surface area contributed by atoms with Crippen LogP contribution in [0.3, 0.4) is 0 Å². The summed E-state index contributed by atoms with van der Waals surface area (Å²) in [5.41, 5.74) is 3.65. The zero-order valence-corrected chi connectivity index (χ0v) is 19.8. The third-order valence-corrected chi connectivity index (χ3v) is 7.10. The predicted molar refractivity (Wildman–Crippen MR) is 129 cm³/mol. The van der Waals surface area contributed by atoms with Gasteiger partial charge in [0.1, 0.15) is 5.01 Å². The molecule has 176 valence electrons. The lowest BCUT2D eigenvalue weighted by Gasteiger charge is -2.31. The number of anilines is 2. The number of ether oxygens (including phenoxy) is 2. The quantitative estimate of drug-likeness (QED) is 0.569. The molecule has 1 fully saturated rings. The highest BCUT2D eigenvalue weighted by Gasteiger charge is 2.27. The van der Waals surface area contributed by atoms with Crippen molar-refractivity contribution in [2.75, 3.05) is 30.5 Å². The minimum absolute atomic E-state index is 0.0912. The molecule has 5 rings (SSSR count). The average Bonchev–Trinajstić information content (AvgIpc) is 3.50. The fourth-order valence-corrected chi connectivity index (χ4v) is 5.04.